The van der Waals surface area contributed by atoms with E-state index in [0.29, 0.717) is 11.5 Å². The maximum atomic E-state index is 9.96. The lowest BCUT2D eigenvalue weighted by Gasteiger charge is -1.99. The largest absolute Gasteiger partial charge is 0.481 e. The van der Waals surface area contributed by atoms with Crippen LogP contribution in [-0.2, 0) is 4.79 Å². The van der Waals surface area contributed by atoms with Gasteiger partial charge < -0.3 is 10.4 Å². The fourth-order valence-corrected chi connectivity index (χ4v) is 0.665. The number of carbonyl (C=O) groups is 1. The first-order valence-corrected chi connectivity index (χ1v) is 3.06. The first kappa shape index (κ1) is 8.36. The van der Waals surface area contributed by atoms with Crippen molar-refractivity contribution in [3.05, 3.63) is 0 Å². The van der Waals surface area contributed by atoms with Gasteiger partial charge in [-0.25, -0.2) is 0 Å². The Balaban J connectivity index is 3.39. The van der Waals surface area contributed by atoms with Crippen LogP contribution in [0, 0.1) is 0 Å². The molecule has 0 aliphatic rings. The third-order valence-corrected chi connectivity index (χ3v) is 0.974. The number of hydrogen-bond acceptors (Lipinski definition) is 2. The third kappa shape index (κ3) is 5.23. The summed E-state index contributed by atoms with van der Waals surface area (Å²) in [6, 6.07) is 0. The molecule has 2 N–H and O–H groups in total. The van der Waals surface area contributed by atoms with Gasteiger partial charge in [-0.2, -0.15) is 0 Å². The molecule has 0 bridgehead atoms. The second-order valence-corrected chi connectivity index (χ2v) is 2.02. The lowest BCUT2D eigenvalue weighted by Crippen LogP contribution is -2.23. The molecule has 0 aromatic rings. The standard InChI is InChI=1S/C5H9NO2S/c1-2-6-4(9)3-5(7)8/h2-3H2,1H3,(H,6,9)(H,7,8). The first-order chi connectivity index (χ1) is 4.16. The lowest BCUT2D eigenvalue weighted by atomic mass is 10.4. The van der Waals surface area contributed by atoms with Gasteiger partial charge in [-0.1, -0.05) is 12.2 Å². The minimum Gasteiger partial charge on any atom is -0.481 e. The van der Waals surface area contributed by atoms with Crippen LogP contribution in [0.1, 0.15) is 13.3 Å². The molecule has 0 aliphatic carbocycles. The summed E-state index contributed by atoms with van der Waals surface area (Å²) in [6.07, 6.45) is -0.0663. The van der Waals surface area contributed by atoms with Crippen LogP contribution in [-0.4, -0.2) is 22.6 Å². The molecule has 3 nitrogen and oxygen atoms in total. The summed E-state index contributed by atoms with van der Waals surface area (Å²) in [5.41, 5.74) is 0. The van der Waals surface area contributed by atoms with Gasteiger partial charge in [-0.15, -0.1) is 0 Å². The van der Waals surface area contributed by atoms with Gasteiger partial charge >= 0.3 is 5.97 Å². The van der Waals surface area contributed by atoms with E-state index in [0.717, 1.165) is 0 Å². The van der Waals surface area contributed by atoms with Gasteiger partial charge in [0, 0.05) is 6.54 Å². The maximum absolute atomic E-state index is 9.96. The van der Waals surface area contributed by atoms with E-state index in [1.165, 1.54) is 0 Å². The summed E-state index contributed by atoms with van der Waals surface area (Å²) >= 11 is 4.64. The molecule has 52 valence electrons. The zero-order chi connectivity index (χ0) is 7.28. The molecule has 9 heavy (non-hydrogen) atoms. The van der Waals surface area contributed by atoms with Gasteiger partial charge in [0.1, 0.15) is 0 Å². The van der Waals surface area contributed by atoms with Gasteiger partial charge in [0.15, 0.2) is 0 Å². The highest BCUT2D eigenvalue weighted by molar-refractivity contribution is 7.80. The Morgan fingerprint density at radius 2 is 2.33 bits per heavy atom. The van der Waals surface area contributed by atoms with Crippen LogP contribution in [0.15, 0.2) is 0 Å². The van der Waals surface area contributed by atoms with Crippen LogP contribution in [0.3, 0.4) is 0 Å². The molecule has 0 saturated heterocycles. The van der Waals surface area contributed by atoms with Gasteiger partial charge in [0.2, 0.25) is 0 Å². The number of carboxylic acid groups (broad SMARTS) is 1. The average molecular weight is 147 g/mol. The number of aliphatic carboxylic acids is 1. The Morgan fingerprint density at radius 1 is 1.78 bits per heavy atom. The molecule has 0 amide bonds. The van der Waals surface area contributed by atoms with Crippen LogP contribution < -0.4 is 5.32 Å². The van der Waals surface area contributed by atoms with E-state index in [9.17, 15) is 4.79 Å². The molecular weight excluding hydrogens is 138 g/mol. The first-order valence-electron chi connectivity index (χ1n) is 2.65. The topological polar surface area (TPSA) is 49.3 Å². The minimum absolute atomic E-state index is 0.0663. The number of rotatable bonds is 3. The molecule has 0 aromatic heterocycles. The molecule has 0 heterocycles. The Bertz CT molecular complexity index is 124. The van der Waals surface area contributed by atoms with Crippen LogP contribution >= 0.6 is 12.2 Å². The Hall–Kier alpha value is -0.640. The monoisotopic (exact) mass is 147 g/mol. The fraction of sp³-hybridized carbons (Fsp3) is 0.600. The van der Waals surface area contributed by atoms with Crippen molar-refractivity contribution in [1.82, 2.24) is 5.32 Å². The molecule has 0 unspecified atom stereocenters. The van der Waals surface area contributed by atoms with Crippen molar-refractivity contribution < 1.29 is 9.90 Å². The second-order valence-electron chi connectivity index (χ2n) is 1.52. The van der Waals surface area contributed by atoms with Crippen LogP contribution in [0.4, 0.5) is 0 Å². The second kappa shape index (κ2) is 4.26. The predicted octanol–water partition coefficient (Wildman–Crippen LogP) is 0.398. The van der Waals surface area contributed by atoms with Crippen LogP contribution in [0.5, 0.6) is 0 Å². The predicted molar refractivity (Wildman–Crippen MR) is 38.5 cm³/mol. The van der Waals surface area contributed by atoms with Gasteiger partial charge in [0.05, 0.1) is 11.4 Å². The number of nitrogens with one attached hydrogen (secondary N) is 1. The molecule has 0 aromatic carbocycles. The number of thiocarbonyl (C=S) groups is 1. The summed E-state index contributed by atoms with van der Waals surface area (Å²) in [6.45, 7) is 2.56. The van der Waals surface area contributed by atoms with E-state index < -0.39 is 5.97 Å². The zero-order valence-corrected chi connectivity index (χ0v) is 5.99. The summed E-state index contributed by atoms with van der Waals surface area (Å²) < 4.78 is 0. The van der Waals surface area contributed by atoms with Crippen LogP contribution in [0.25, 0.3) is 0 Å². The highest BCUT2D eigenvalue weighted by Gasteiger charge is 1.99. The molecular formula is C5H9NO2S. The molecule has 0 rings (SSSR count). The Labute approximate surface area is 59.1 Å². The van der Waals surface area contributed by atoms with E-state index >= 15 is 0 Å². The molecule has 4 heteroatoms. The van der Waals surface area contributed by atoms with Crippen molar-refractivity contribution in [2.75, 3.05) is 6.54 Å². The summed E-state index contributed by atoms with van der Waals surface area (Å²) in [5.74, 6) is -0.888. The van der Waals surface area contributed by atoms with E-state index in [1.807, 2.05) is 6.92 Å². The molecule has 0 atom stereocenters. The number of carboxylic acids is 1. The van der Waals surface area contributed by atoms with E-state index in [2.05, 4.69) is 17.5 Å². The van der Waals surface area contributed by atoms with Gasteiger partial charge in [-0.3, -0.25) is 4.79 Å². The Kier molecular flexibility index (Phi) is 3.96. The quantitative estimate of drug-likeness (QED) is 0.567. The zero-order valence-electron chi connectivity index (χ0n) is 5.18. The van der Waals surface area contributed by atoms with Crippen LogP contribution in [0.2, 0.25) is 0 Å². The molecule has 0 saturated carbocycles. The number of hydrogen-bond donors (Lipinski definition) is 2. The molecule has 0 radical (unpaired) electrons. The van der Waals surface area contributed by atoms with E-state index in [1.54, 1.807) is 0 Å². The van der Waals surface area contributed by atoms with E-state index in [-0.39, 0.29) is 6.42 Å². The van der Waals surface area contributed by atoms with Crippen molar-refractivity contribution in [3.63, 3.8) is 0 Å². The molecule has 0 spiro atoms. The third-order valence-electron chi connectivity index (χ3n) is 0.686. The van der Waals surface area contributed by atoms with Crippen molar-refractivity contribution >= 4 is 23.2 Å². The summed E-state index contributed by atoms with van der Waals surface area (Å²) in [5, 5.41) is 10.9. The normalized spacial score (nSPS) is 8.56. The SMILES string of the molecule is CCNC(=S)CC(=O)O. The molecule has 0 fully saturated rings. The summed E-state index contributed by atoms with van der Waals surface area (Å²) in [7, 11) is 0. The fourth-order valence-electron chi connectivity index (χ4n) is 0.397. The molecule has 0 aliphatic heterocycles. The van der Waals surface area contributed by atoms with Crippen molar-refractivity contribution in [1.29, 1.82) is 0 Å². The maximum Gasteiger partial charge on any atom is 0.310 e. The van der Waals surface area contributed by atoms with E-state index in [4.69, 9.17) is 5.11 Å². The van der Waals surface area contributed by atoms with Crippen molar-refractivity contribution in [3.8, 4) is 0 Å². The minimum atomic E-state index is -0.888. The highest BCUT2D eigenvalue weighted by Crippen LogP contribution is 1.81. The summed E-state index contributed by atoms with van der Waals surface area (Å²) in [4.78, 5) is 10.4. The van der Waals surface area contributed by atoms with Crippen molar-refractivity contribution in [2.45, 2.75) is 13.3 Å². The van der Waals surface area contributed by atoms with Gasteiger partial charge in [0.25, 0.3) is 0 Å². The Morgan fingerprint density at radius 3 is 2.67 bits per heavy atom. The van der Waals surface area contributed by atoms with Gasteiger partial charge in [-0.05, 0) is 6.92 Å². The lowest BCUT2D eigenvalue weighted by molar-refractivity contribution is -0.135. The smallest absolute Gasteiger partial charge is 0.310 e. The highest BCUT2D eigenvalue weighted by atomic mass is 32.1. The van der Waals surface area contributed by atoms with Crippen molar-refractivity contribution in [2.24, 2.45) is 0 Å². The average Bonchev–Trinajstić information content (AvgIpc) is 1.63.